The van der Waals surface area contributed by atoms with E-state index in [0.29, 0.717) is 0 Å². The number of hydrogen-bond donors (Lipinski definition) is 0. The molecular weight excluding hydrogens is 292 g/mol. The van der Waals surface area contributed by atoms with Crippen LogP contribution < -0.4 is 4.68 Å². The topological polar surface area (TPSA) is 8.81 Å². The molecule has 2 nitrogen and oxygen atoms in total. The molecule has 0 bridgehead atoms. The Morgan fingerprint density at radius 3 is 2.54 bits per heavy atom. The van der Waals surface area contributed by atoms with E-state index in [0.717, 1.165) is 6.42 Å². The van der Waals surface area contributed by atoms with Gasteiger partial charge in [-0.05, 0) is 41.7 Å². The van der Waals surface area contributed by atoms with Crippen LogP contribution in [0.4, 0.5) is 0 Å². The Kier molecular flexibility index (Phi) is 2.72. The molecule has 2 heteroatoms. The van der Waals surface area contributed by atoms with Crippen LogP contribution in [0.5, 0.6) is 0 Å². The lowest BCUT2D eigenvalue weighted by molar-refractivity contribution is -0.720. The molecule has 4 aromatic rings. The molecule has 1 heterocycles. The predicted molar refractivity (Wildman–Crippen MR) is 97.4 cm³/mol. The molecule has 0 spiro atoms. The lowest BCUT2D eigenvalue weighted by atomic mass is 10.0. The first-order chi connectivity index (χ1) is 11.7. The highest BCUT2D eigenvalue weighted by atomic mass is 15.4. The van der Waals surface area contributed by atoms with Gasteiger partial charge in [0.2, 0.25) is 5.52 Å². The van der Waals surface area contributed by atoms with E-state index in [1.165, 1.54) is 44.4 Å². The van der Waals surface area contributed by atoms with E-state index < -0.39 is 0 Å². The van der Waals surface area contributed by atoms with E-state index in [2.05, 4.69) is 90.2 Å². The van der Waals surface area contributed by atoms with E-state index in [-0.39, 0.29) is 0 Å². The Labute approximate surface area is 141 Å². The second-order valence-corrected chi connectivity index (χ2v) is 6.65. The van der Waals surface area contributed by atoms with E-state index in [1.54, 1.807) is 0 Å². The third-order valence-corrected chi connectivity index (χ3v) is 5.26. The fourth-order valence-electron chi connectivity index (χ4n) is 4.03. The lowest BCUT2D eigenvalue weighted by Crippen LogP contribution is -2.38. The predicted octanol–water partition coefficient (Wildman–Crippen LogP) is 4.33. The van der Waals surface area contributed by atoms with Crippen LogP contribution in [0.1, 0.15) is 16.7 Å². The summed E-state index contributed by atoms with van der Waals surface area (Å²) in [6.07, 6.45) is 3.33. The number of hydrogen-bond acceptors (Lipinski definition) is 0. The monoisotopic (exact) mass is 311 g/mol. The molecule has 0 radical (unpaired) electrons. The summed E-state index contributed by atoms with van der Waals surface area (Å²) in [5.74, 6) is 0. The van der Waals surface area contributed by atoms with Gasteiger partial charge in [0, 0.05) is 11.6 Å². The summed E-state index contributed by atoms with van der Waals surface area (Å²) in [5, 5.41) is 1.34. The van der Waals surface area contributed by atoms with E-state index in [9.17, 15) is 0 Å². The Bertz CT molecular complexity index is 1100. The first kappa shape index (κ1) is 13.6. The van der Waals surface area contributed by atoms with Gasteiger partial charge in [0.1, 0.15) is 5.69 Å². The largest absolute Gasteiger partial charge is 0.239 e. The van der Waals surface area contributed by atoms with Crippen molar-refractivity contribution in [3.63, 3.8) is 0 Å². The Morgan fingerprint density at radius 1 is 0.875 bits per heavy atom. The fourth-order valence-corrected chi connectivity index (χ4v) is 4.03. The Balaban J connectivity index is 1.85. The highest BCUT2D eigenvalue weighted by Gasteiger charge is 2.26. The molecule has 24 heavy (non-hydrogen) atoms. The zero-order valence-corrected chi connectivity index (χ0v) is 14.0. The van der Waals surface area contributed by atoms with Crippen LogP contribution in [0, 0.1) is 6.92 Å². The average molecular weight is 311 g/mol. The second-order valence-electron chi connectivity index (χ2n) is 6.65. The number of nitrogens with zero attached hydrogens (tertiary/aromatic N) is 2. The molecule has 1 aliphatic rings. The van der Waals surface area contributed by atoms with Crippen molar-refractivity contribution in [2.45, 2.75) is 13.3 Å². The smallest absolute Gasteiger partial charge is 0.127 e. The van der Waals surface area contributed by atoms with Crippen molar-refractivity contribution in [3.05, 3.63) is 83.6 Å². The van der Waals surface area contributed by atoms with E-state index in [1.807, 2.05) is 0 Å². The number of aryl methyl sites for hydroxylation is 2. The van der Waals surface area contributed by atoms with Gasteiger partial charge >= 0.3 is 0 Å². The molecule has 0 atom stereocenters. The molecule has 0 amide bonds. The number of benzene rings is 3. The Hall–Kier alpha value is -2.87. The number of para-hydroxylation sites is 1. The molecule has 116 valence electrons. The van der Waals surface area contributed by atoms with Gasteiger partial charge in [-0.25, -0.2) is 0 Å². The van der Waals surface area contributed by atoms with Crippen LogP contribution in [-0.4, -0.2) is 4.68 Å². The summed E-state index contributed by atoms with van der Waals surface area (Å²) in [6.45, 7) is 2.17. The van der Waals surface area contributed by atoms with Crippen molar-refractivity contribution in [2.75, 3.05) is 0 Å². The minimum Gasteiger partial charge on any atom is -0.127 e. The average Bonchev–Trinajstić information content (AvgIpc) is 3.13. The number of fused-ring (bicyclic) bond motifs is 5. The summed E-state index contributed by atoms with van der Waals surface area (Å²) >= 11 is 0. The normalized spacial score (nSPS) is 12.4. The molecule has 1 aromatic heterocycles. The van der Waals surface area contributed by atoms with Gasteiger partial charge in [0.05, 0.1) is 11.6 Å². The zero-order valence-electron chi connectivity index (χ0n) is 14.0. The number of aromatic nitrogens is 2. The molecule has 0 unspecified atom stereocenters. The van der Waals surface area contributed by atoms with Gasteiger partial charge in [-0.1, -0.05) is 48.5 Å². The third kappa shape index (κ3) is 1.74. The van der Waals surface area contributed by atoms with Crippen molar-refractivity contribution in [2.24, 2.45) is 7.05 Å². The van der Waals surface area contributed by atoms with Crippen molar-refractivity contribution >= 4 is 10.9 Å². The first-order valence-electron chi connectivity index (χ1n) is 8.41. The third-order valence-electron chi connectivity index (χ3n) is 5.26. The lowest BCUT2D eigenvalue weighted by Gasteiger charge is -2.03. The standard InChI is InChI=1S/C22H19N2/c1-15-7-3-6-10-20(15)24-14-19-21(23(24)2)12-11-17-13-16-8-4-5-9-18(16)22(17)19/h3-12,14H,13H2,1-2H3/q+1. The first-order valence-corrected chi connectivity index (χ1v) is 8.41. The van der Waals surface area contributed by atoms with Crippen molar-refractivity contribution in [1.29, 1.82) is 0 Å². The summed E-state index contributed by atoms with van der Waals surface area (Å²) in [6, 6.07) is 21.9. The zero-order chi connectivity index (χ0) is 16.3. The maximum absolute atomic E-state index is 2.29. The Morgan fingerprint density at radius 2 is 1.67 bits per heavy atom. The van der Waals surface area contributed by atoms with Crippen LogP contribution in [0.15, 0.2) is 66.9 Å². The molecule has 0 saturated heterocycles. The quantitative estimate of drug-likeness (QED) is 0.407. The molecule has 0 fully saturated rings. The highest BCUT2D eigenvalue weighted by molar-refractivity contribution is 5.98. The van der Waals surface area contributed by atoms with Crippen LogP contribution in [0.2, 0.25) is 0 Å². The maximum Gasteiger partial charge on any atom is 0.239 e. The molecule has 0 N–H and O–H groups in total. The molecular formula is C22H19N2+. The summed E-state index contributed by atoms with van der Waals surface area (Å²) in [4.78, 5) is 0. The van der Waals surface area contributed by atoms with Crippen LogP contribution in [0.25, 0.3) is 27.7 Å². The SMILES string of the molecule is Cc1ccccc1-n1cc2c3c(ccc2[n+]1C)Cc1ccccc1-3. The summed E-state index contributed by atoms with van der Waals surface area (Å²) in [7, 11) is 2.14. The fraction of sp³-hybridized carbons (Fsp3) is 0.136. The molecule has 5 rings (SSSR count). The van der Waals surface area contributed by atoms with E-state index in [4.69, 9.17) is 0 Å². The molecule has 0 aliphatic heterocycles. The maximum atomic E-state index is 2.29. The molecule has 1 aliphatic carbocycles. The van der Waals surface area contributed by atoms with Crippen molar-refractivity contribution in [1.82, 2.24) is 4.68 Å². The van der Waals surface area contributed by atoms with Gasteiger partial charge < -0.3 is 0 Å². The number of rotatable bonds is 1. The van der Waals surface area contributed by atoms with Crippen molar-refractivity contribution < 1.29 is 4.68 Å². The van der Waals surface area contributed by atoms with Crippen LogP contribution in [-0.2, 0) is 13.5 Å². The minimum absolute atomic E-state index is 1.04. The molecule has 0 saturated carbocycles. The highest BCUT2D eigenvalue weighted by Crippen LogP contribution is 2.40. The van der Waals surface area contributed by atoms with Crippen molar-refractivity contribution in [3.8, 4) is 16.8 Å². The van der Waals surface area contributed by atoms with Gasteiger partial charge in [0.15, 0.2) is 7.05 Å². The van der Waals surface area contributed by atoms with E-state index >= 15 is 0 Å². The van der Waals surface area contributed by atoms with Gasteiger partial charge in [-0.3, -0.25) is 0 Å². The van der Waals surface area contributed by atoms with Gasteiger partial charge in [-0.2, -0.15) is 0 Å². The summed E-state index contributed by atoms with van der Waals surface area (Å²) < 4.78 is 4.51. The van der Waals surface area contributed by atoms with Gasteiger partial charge in [-0.15, -0.1) is 9.36 Å². The summed E-state index contributed by atoms with van der Waals surface area (Å²) in [5.41, 5.74) is 9.46. The second kappa shape index (κ2) is 4.81. The van der Waals surface area contributed by atoms with Crippen LogP contribution in [0.3, 0.4) is 0 Å². The minimum atomic E-state index is 1.04. The van der Waals surface area contributed by atoms with Crippen LogP contribution >= 0.6 is 0 Å². The molecule has 3 aromatic carbocycles. The van der Waals surface area contributed by atoms with Gasteiger partial charge in [0.25, 0.3) is 0 Å².